The first kappa shape index (κ1) is 18.7. The molecule has 4 N–H and O–H groups in total. The highest BCUT2D eigenvalue weighted by Gasteiger charge is 2.13. The molecule has 2 aromatic heterocycles. The normalized spacial score (nSPS) is 10.9. The van der Waals surface area contributed by atoms with E-state index in [-0.39, 0.29) is 31.5 Å². The minimum absolute atomic E-state index is 0.0576. The monoisotopic (exact) mass is 371 g/mol. The fraction of sp³-hybridized carbons (Fsp3) is 0.263. The SMILES string of the molecule is COCc1ccc(C(=O)NCc2cc3ccc(OCCO)cc3o2)c(N)n1. The van der Waals surface area contributed by atoms with E-state index in [0.29, 0.717) is 35.0 Å². The first-order valence-electron chi connectivity index (χ1n) is 8.39. The number of nitrogen functional groups attached to an aromatic ring is 1. The molecule has 0 bridgehead atoms. The van der Waals surface area contributed by atoms with Crippen LogP contribution in [0.2, 0.25) is 0 Å². The zero-order valence-corrected chi connectivity index (χ0v) is 14.9. The number of aliphatic hydroxyl groups is 1. The van der Waals surface area contributed by atoms with Crippen molar-refractivity contribution in [3.63, 3.8) is 0 Å². The van der Waals surface area contributed by atoms with Crippen molar-refractivity contribution in [1.29, 1.82) is 0 Å². The number of ether oxygens (including phenoxy) is 2. The summed E-state index contributed by atoms with van der Waals surface area (Å²) in [6.07, 6.45) is 0. The van der Waals surface area contributed by atoms with E-state index in [2.05, 4.69) is 10.3 Å². The van der Waals surface area contributed by atoms with Crippen LogP contribution in [-0.2, 0) is 17.9 Å². The summed E-state index contributed by atoms with van der Waals surface area (Å²) < 4.78 is 16.1. The highest BCUT2D eigenvalue weighted by Crippen LogP contribution is 2.24. The second-order valence-electron chi connectivity index (χ2n) is 5.84. The number of rotatable bonds is 8. The Morgan fingerprint density at radius 1 is 1.30 bits per heavy atom. The predicted octanol–water partition coefficient (Wildman–Crippen LogP) is 1.86. The summed E-state index contributed by atoms with van der Waals surface area (Å²) in [5.74, 6) is 1.02. The van der Waals surface area contributed by atoms with Crippen molar-refractivity contribution in [3.8, 4) is 5.75 Å². The number of aliphatic hydroxyl groups excluding tert-OH is 1. The van der Waals surface area contributed by atoms with E-state index >= 15 is 0 Å². The first-order chi connectivity index (χ1) is 13.1. The van der Waals surface area contributed by atoms with Gasteiger partial charge in [-0.05, 0) is 30.3 Å². The van der Waals surface area contributed by atoms with E-state index in [1.54, 1.807) is 31.4 Å². The molecule has 0 saturated carbocycles. The molecule has 0 fully saturated rings. The van der Waals surface area contributed by atoms with Crippen molar-refractivity contribution in [2.75, 3.05) is 26.1 Å². The van der Waals surface area contributed by atoms with E-state index in [0.717, 1.165) is 5.39 Å². The van der Waals surface area contributed by atoms with Crippen molar-refractivity contribution in [2.24, 2.45) is 0 Å². The Labute approximate surface area is 155 Å². The second-order valence-corrected chi connectivity index (χ2v) is 5.84. The second kappa shape index (κ2) is 8.52. The van der Waals surface area contributed by atoms with Gasteiger partial charge in [0.25, 0.3) is 5.91 Å². The van der Waals surface area contributed by atoms with Crippen molar-refractivity contribution in [2.45, 2.75) is 13.2 Å². The number of aromatic nitrogens is 1. The molecule has 3 aromatic rings. The van der Waals surface area contributed by atoms with Gasteiger partial charge in [-0.1, -0.05) is 0 Å². The van der Waals surface area contributed by atoms with Gasteiger partial charge in [-0.25, -0.2) is 4.98 Å². The Kier molecular flexibility index (Phi) is 5.90. The van der Waals surface area contributed by atoms with E-state index < -0.39 is 0 Å². The lowest BCUT2D eigenvalue weighted by molar-refractivity contribution is 0.0948. The van der Waals surface area contributed by atoms with Crippen molar-refractivity contribution in [3.05, 3.63) is 53.4 Å². The number of fused-ring (bicyclic) bond motifs is 1. The number of nitrogens with zero attached hydrogens (tertiary/aromatic N) is 1. The maximum Gasteiger partial charge on any atom is 0.255 e. The van der Waals surface area contributed by atoms with Crippen molar-refractivity contribution in [1.82, 2.24) is 10.3 Å². The third kappa shape index (κ3) is 4.55. The van der Waals surface area contributed by atoms with Gasteiger partial charge in [0, 0.05) is 18.6 Å². The van der Waals surface area contributed by atoms with Crippen LogP contribution in [0.3, 0.4) is 0 Å². The van der Waals surface area contributed by atoms with Crippen LogP contribution in [0.1, 0.15) is 21.8 Å². The van der Waals surface area contributed by atoms with E-state index in [1.165, 1.54) is 0 Å². The molecule has 0 saturated heterocycles. The number of methoxy groups -OCH3 is 1. The van der Waals surface area contributed by atoms with Crippen molar-refractivity contribution >= 4 is 22.7 Å². The van der Waals surface area contributed by atoms with Crippen LogP contribution < -0.4 is 15.8 Å². The Balaban J connectivity index is 1.66. The zero-order valence-electron chi connectivity index (χ0n) is 14.9. The number of furan rings is 1. The number of hydrogen-bond acceptors (Lipinski definition) is 7. The Bertz CT molecular complexity index is 938. The number of anilines is 1. The van der Waals surface area contributed by atoms with Gasteiger partial charge < -0.3 is 30.0 Å². The molecule has 142 valence electrons. The Morgan fingerprint density at radius 3 is 2.89 bits per heavy atom. The highest BCUT2D eigenvalue weighted by atomic mass is 16.5. The fourth-order valence-electron chi connectivity index (χ4n) is 2.61. The molecule has 0 unspecified atom stereocenters. The third-order valence-electron chi connectivity index (χ3n) is 3.85. The lowest BCUT2D eigenvalue weighted by atomic mass is 10.2. The average Bonchev–Trinajstić information content (AvgIpc) is 3.07. The molecule has 0 aliphatic rings. The molecule has 8 nitrogen and oxygen atoms in total. The predicted molar refractivity (Wildman–Crippen MR) is 99.3 cm³/mol. The van der Waals surface area contributed by atoms with Crippen LogP contribution in [0.5, 0.6) is 5.75 Å². The fourth-order valence-corrected chi connectivity index (χ4v) is 2.61. The van der Waals surface area contributed by atoms with Gasteiger partial charge in [0.1, 0.15) is 29.5 Å². The maximum atomic E-state index is 12.3. The number of nitrogens with two attached hydrogens (primary N) is 1. The molecule has 0 aliphatic heterocycles. The minimum Gasteiger partial charge on any atom is -0.491 e. The number of carbonyl (C=O) groups is 1. The summed E-state index contributed by atoms with van der Waals surface area (Å²) in [6.45, 7) is 0.695. The van der Waals surface area contributed by atoms with Gasteiger partial charge in [0.15, 0.2) is 0 Å². The summed E-state index contributed by atoms with van der Waals surface area (Å²) in [6, 6.07) is 10.6. The number of amides is 1. The number of hydrogen-bond donors (Lipinski definition) is 3. The topological polar surface area (TPSA) is 120 Å². The summed E-state index contributed by atoms with van der Waals surface area (Å²) in [5, 5.41) is 12.5. The first-order valence-corrected chi connectivity index (χ1v) is 8.39. The molecule has 3 rings (SSSR count). The number of carbonyl (C=O) groups excluding carboxylic acids is 1. The smallest absolute Gasteiger partial charge is 0.255 e. The van der Waals surface area contributed by atoms with Crippen LogP contribution in [0, 0.1) is 0 Å². The van der Waals surface area contributed by atoms with Crippen LogP contribution >= 0.6 is 0 Å². The molecule has 0 radical (unpaired) electrons. The molecule has 0 atom stereocenters. The third-order valence-corrected chi connectivity index (χ3v) is 3.85. The van der Waals surface area contributed by atoms with Crippen LogP contribution in [-0.4, -0.2) is 36.3 Å². The molecule has 8 heteroatoms. The molecular weight excluding hydrogens is 350 g/mol. The minimum atomic E-state index is -0.337. The molecule has 1 aromatic carbocycles. The number of nitrogens with one attached hydrogen (secondary N) is 1. The van der Waals surface area contributed by atoms with Crippen LogP contribution in [0.25, 0.3) is 11.0 Å². The quantitative estimate of drug-likeness (QED) is 0.553. The molecule has 27 heavy (non-hydrogen) atoms. The van der Waals surface area contributed by atoms with Gasteiger partial charge in [-0.15, -0.1) is 0 Å². The van der Waals surface area contributed by atoms with Gasteiger partial charge in [0.2, 0.25) is 0 Å². The molecule has 0 aliphatic carbocycles. The summed E-state index contributed by atoms with van der Waals surface area (Å²) >= 11 is 0. The standard InChI is InChI=1S/C19H21N3O5/c1-25-11-13-3-5-16(18(20)22-13)19(24)21-10-15-8-12-2-4-14(26-7-6-23)9-17(12)27-15/h2-5,8-9,23H,6-7,10-11H2,1H3,(H2,20,22)(H,21,24). The van der Waals surface area contributed by atoms with Crippen LogP contribution in [0.4, 0.5) is 5.82 Å². The number of pyridine rings is 1. The lowest BCUT2D eigenvalue weighted by Gasteiger charge is -2.07. The molecule has 1 amide bonds. The van der Waals surface area contributed by atoms with E-state index in [9.17, 15) is 4.79 Å². The van der Waals surface area contributed by atoms with Crippen molar-refractivity contribution < 1.29 is 23.8 Å². The average molecular weight is 371 g/mol. The molecule has 2 heterocycles. The zero-order chi connectivity index (χ0) is 19.2. The van der Waals surface area contributed by atoms with E-state index in [4.69, 9.17) is 24.7 Å². The van der Waals surface area contributed by atoms with Gasteiger partial charge in [0.05, 0.1) is 31.0 Å². The summed E-state index contributed by atoms with van der Waals surface area (Å²) in [4.78, 5) is 16.5. The number of benzene rings is 1. The van der Waals surface area contributed by atoms with Crippen LogP contribution in [0.15, 0.2) is 40.8 Å². The Hall–Kier alpha value is -3.10. The Morgan fingerprint density at radius 2 is 2.15 bits per heavy atom. The molecular formula is C19H21N3O5. The van der Waals surface area contributed by atoms with Gasteiger partial charge in [-0.3, -0.25) is 4.79 Å². The summed E-state index contributed by atoms with van der Waals surface area (Å²) in [5.41, 5.74) is 7.45. The lowest BCUT2D eigenvalue weighted by Crippen LogP contribution is -2.24. The van der Waals surface area contributed by atoms with Gasteiger partial charge in [-0.2, -0.15) is 0 Å². The van der Waals surface area contributed by atoms with E-state index in [1.807, 2.05) is 12.1 Å². The highest BCUT2D eigenvalue weighted by molar-refractivity contribution is 5.98. The molecule has 0 spiro atoms. The summed E-state index contributed by atoms with van der Waals surface area (Å²) in [7, 11) is 1.56. The maximum absolute atomic E-state index is 12.3. The largest absolute Gasteiger partial charge is 0.491 e. The van der Waals surface area contributed by atoms with Gasteiger partial charge >= 0.3 is 0 Å².